The van der Waals surface area contributed by atoms with Crippen LogP contribution in [0.1, 0.15) is 26.7 Å². The fraction of sp³-hybridized carbons (Fsp3) is 1.00. The molecular formula is C11H22N2O. The molecule has 0 aromatic carbocycles. The predicted molar refractivity (Wildman–Crippen MR) is 57.4 cm³/mol. The van der Waals surface area contributed by atoms with E-state index in [1.54, 1.807) is 0 Å². The van der Waals surface area contributed by atoms with Crippen molar-refractivity contribution in [3.8, 4) is 0 Å². The standard InChI is InChI=1S/C11H22N2O/c1-10(3-5-12-7-10)8-13-11(2)4-6-14-9-11/h12-13H,3-9H2,1-2H3. The van der Waals surface area contributed by atoms with Gasteiger partial charge in [-0.15, -0.1) is 0 Å². The van der Waals surface area contributed by atoms with Crippen molar-refractivity contribution in [1.29, 1.82) is 0 Å². The van der Waals surface area contributed by atoms with Crippen molar-refractivity contribution in [3.63, 3.8) is 0 Å². The first-order valence-electron chi connectivity index (χ1n) is 5.66. The van der Waals surface area contributed by atoms with E-state index in [0.29, 0.717) is 5.41 Å². The Bertz CT molecular complexity index is 171. The molecule has 0 radical (unpaired) electrons. The molecule has 0 aliphatic carbocycles. The summed E-state index contributed by atoms with van der Waals surface area (Å²) in [6.07, 6.45) is 2.44. The average Bonchev–Trinajstić information content (AvgIpc) is 2.74. The third-order valence-electron chi connectivity index (χ3n) is 3.62. The maximum absolute atomic E-state index is 5.43. The van der Waals surface area contributed by atoms with Gasteiger partial charge in [0.1, 0.15) is 0 Å². The molecule has 2 atom stereocenters. The zero-order chi connectivity index (χ0) is 10.1. The second-order valence-electron chi connectivity index (χ2n) is 5.45. The summed E-state index contributed by atoms with van der Waals surface area (Å²) in [6.45, 7) is 9.85. The van der Waals surface area contributed by atoms with Crippen molar-refractivity contribution >= 4 is 0 Å². The van der Waals surface area contributed by atoms with Crippen molar-refractivity contribution in [3.05, 3.63) is 0 Å². The molecular weight excluding hydrogens is 176 g/mol. The van der Waals surface area contributed by atoms with Crippen molar-refractivity contribution in [2.45, 2.75) is 32.2 Å². The molecule has 2 fully saturated rings. The van der Waals surface area contributed by atoms with E-state index in [2.05, 4.69) is 24.5 Å². The Morgan fingerprint density at radius 1 is 1.36 bits per heavy atom. The summed E-state index contributed by atoms with van der Waals surface area (Å²) in [5.41, 5.74) is 0.678. The highest BCUT2D eigenvalue weighted by Gasteiger charge is 2.34. The summed E-state index contributed by atoms with van der Waals surface area (Å²) in [4.78, 5) is 0. The highest BCUT2D eigenvalue weighted by Crippen LogP contribution is 2.25. The maximum Gasteiger partial charge on any atom is 0.0646 e. The van der Waals surface area contributed by atoms with E-state index < -0.39 is 0 Å². The zero-order valence-corrected chi connectivity index (χ0v) is 9.36. The summed E-state index contributed by atoms with van der Waals surface area (Å²) in [7, 11) is 0. The van der Waals surface area contributed by atoms with E-state index in [-0.39, 0.29) is 5.54 Å². The molecule has 82 valence electrons. The molecule has 0 amide bonds. The summed E-state index contributed by atoms with van der Waals surface area (Å²) >= 11 is 0. The van der Waals surface area contributed by atoms with Gasteiger partial charge in [-0.3, -0.25) is 0 Å². The molecule has 2 unspecified atom stereocenters. The predicted octanol–water partition coefficient (Wildman–Crippen LogP) is 0.755. The minimum Gasteiger partial charge on any atom is -0.379 e. The largest absolute Gasteiger partial charge is 0.379 e. The first-order valence-corrected chi connectivity index (χ1v) is 5.66. The third kappa shape index (κ3) is 2.27. The summed E-state index contributed by atoms with van der Waals surface area (Å²) in [6, 6.07) is 0. The van der Waals surface area contributed by atoms with Crippen LogP contribution in [0.3, 0.4) is 0 Å². The molecule has 0 bridgehead atoms. The second kappa shape index (κ2) is 3.80. The topological polar surface area (TPSA) is 33.3 Å². The van der Waals surface area contributed by atoms with Crippen LogP contribution in [0.5, 0.6) is 0 Å². The van der Waals surface area contributed by atoms with E-state index >= 15 is 0 Å². The summed E-state index contributed by atoms with van der Waals surface area (Å²) < 4.78 is 5.43. The van der Waals surface area contributed by atoms with Crippen molar-refractivity contribution in [2.24, 2.45) is 5.41 Å². The quantitative estimate of drug-likeness (QED) is 0.702. The number of nitrogens with one attached hydrogen (secondary N) is 2. The minimum atomic E-state index is 0.228. The van der Waals surface area contributed by atoms with Crippen molar-refractivity contribution < 1.29 is 4.74 Å². The molecule has 0 aromatic rings. The summed E-state index contributed by atoms with van der Waals surface area (Å²) in [5.74, 6) is 0. The first-order chi connectivity index (χ1) is 6.62. The highest BCUT2D eigenvalue weighted by atomic mass is 16.5. The van der Waals surface area contributed by atoms with Crippen molar-refractivity contribution in [1.82, 2.24) is 10.6 Å². The van der Waals surface area contributed by atoms with Gasteiger partial charge in [0, 0.05) is 25.2 Å². The molecule has 14 heavy (non-hydrogen) atoms. The molecule has 3 nitrogen and oxygen atoms in total. The van der Waals surface area contributed by atoms with Gasteiger partial charge in [0.05, 0.1) is 6.61 Å². The molecule has 2 aliphatic rings. The van der Waals surface area contributed by atoms with Gasteiger partial charge in [-0.2, -0.15) is 0 Å². The Hall–Kier alpha value is -0.120. The lowest BCUT2D eigenvalue weighted by Crippen LogP contribution is -2.48. The van der Waals surface area contributed by atoms with Crippen molar-refractivity contribution in [2.75, 3.05) is 32.8 Å². The van der Waals surface area contributed by atoms with Crippen LogP contribution in [0.4, 0.5) is 0 Å². The normalized spacial score (nSPS) is 43.3. The van der Waals surface area contributed by atoms with E-state index in [0.717, 1.165) is 32.7 Å². The van der Waals surface area contributed by atoms with Crippen LogP contribution < -0.4 is 10.6 Å². The van der Waals surface area contributed by atoms with Gasteiger partial charge >= 0.3 is 0 Å². The lowest BCUT2D eigenvalue weighted by Gasteiger charge is -2.30. The van der Waals surface area contributed by atoms with Crippen LogP contribution in [0.25, 0.3) is 0 Å². The van der Waals surface area contributed by atoms with Crippen LogP contribution in [-0.2, 0) is 4.74 Å². The minimum absolute atomic E-state index is 0.228. The second-order valence-corrected chi connectivity index (χ2v) is 5.45. The number of hydrogen-bond donors (Lipinski definition) is 2. The van der Waals surface area contributed by atoms with Gasteiger partial charge < -0.3 is 15.4 Å². The van der Waals surface area contributed by atoms with E-state index in [4.69, 9.17) is 4.74 Å². The zero-order valence-electron chi connectivity index (χ0n) is 9.36. The van der Waals surface area contributed by atoms with Gasteiger partial charge in [-0.1, -0.05) is 6.92 Å². The number of ether oxygens (including phenoxy) is 1. The number of rotatable bonds is 3. The molecule has 2 rings (SSSR count). The van der Waals surface area contributed by atoms with Crippen LogP contribution in [-0.4, -0.2) is 38.4 Å². The molecule has 2 aliphatic heterocycles. The third-order valence-corrected chi connectivity index (χ3v) is 3.62. The van der Waals surface area contributed by atoms with Crippen LogP contribution in [0.15, 0.2) is 0 Å². The lowest BCUT2D eigenvalue weighted by atomic mass is 9.88. The Kier molecular flexibility index (Phi) is 2.82. The van der Waals surface area contributed by atoms with Gasteiger partial charge in [-0.25, -0.2) is 0 Å². The van der Waals surface area contributed by atoms with Crippen LogP contribution in [0, 0.1) is 5.41 Å². The summed E-state index contributed by atoms with van der Waals surface area (Å²) in [5, 5.41) is 7.10. The van der Waals surface area contributed by atoms with E-state index in [1.165, 1.54) is 13.0 Å². The fourth-order valence-corrected chi connectivity index (χ4v) is 2.25. The lowest BCUT2D eigenvalue weighted by molar-refractivity contribution is 0.165. The molecule has 3 heteroatoms. The van der Waals surface area contributed by atoms with Gasteiger partial charge in [0.25, 0.3) is 0 Å². The Morgan fingerprint density at radius 3 is 2.79 bits per heavy atom. The molecule has 0 aromatic heterocycles. The Morgan fingerprint density at radius 2 is 2.21 bits per heavy atom. The fourth-order valence-electron chi connectivity index (χ4n) is 2.25. The average molecular weight is 198 g/mol. The SMILES string of the molecule is CC1(CNC2(C)CCOC2)CCNC1. The molecule has 2 heterocycles. The smallest absolute Gasteiger partial charge is 0.0646 e. The maximum atomic E-state index is 5.43. The first kappa shape index (κ1) is 10.4. The Labute approximate surface area is 86.6 Å². The molecule has 2 saturated heterocycles. The highest BCUT2D eigenvalue weighted by molar-refractivity contribution is 4.92. The molecule has 0 spiro atoms. The van der Waals surface area contributed by atoms with E-state index in [1.807, 2.05) is 0 Å². The van der Waals surface area contributed by atoms with Gasteiger partial charge in [-0.05, 0) is 31.7 Å². The monoisotopic (exact) mass is 198 g/mol. The van der Waals surface area contributed by atoms with Crippen LogP contribution in [0.2, 0.25) is 0 Å². The van der Waals surface area contributed by atoms with E-state index in [9.17, 15) is 0 Å². The number of hydrogen-bond acceptors (Lipinski definition) is 3. The van der Waals surface area contributed by atoms with Gasteiger partial charge in [0.15, 0.2) is 0 Å². The molecule has 2 N–H and O–H groups in total. The van der Waals surface area contributed by atoms with Gasteiger partial charge in [0.2, 0.25) is 0 Å². The Balaban J connectivity index is 1.80. The molecule has 0 saturated carbocycles. The van der Waals surface area contributed by atoms with Crippen LogP contribution >= 0.6 is 0 Å².